The van der Waals surface area contributed by atoms with Crippen molar-refractivity contribution in [2.45, 2.75) is 19.3 Å². The van der Waals surface area contributed by atoms with Crippen LogP contribution in [0.3, 0.4) is 0 Å². The lowest BCUT2D eigenvalue weighted by molar-refractivity contribution is 0.402. The van der Waals surface area contributed by atoms with E-state index in [1.165, 1.54) is 6.42 Å². The first kappa shape index (κ1) is 21.4. The Labute approximate surface area is 187 Å². The van der Waals surface area contributed by atoms with Crippen molar-refractivity contribution >= 4 is 29.7 Å². The van der Waals surface area contributed by atoms with E-state index in [1.54, 1.807) is 20.4 Å². The van der Waals surface area contributed by atoms with Gasteiger partial charge in [0.25, 0.3) is 0 Å². The molecule has 9 nitrogen and oxygen atoms in total. The number of anilines is 4. The standard InChI is InChI=1S/C23H27N7O2/c1-31-19-11-12-20(32-2)17(15-19)16-24-29-22-26-21(25-18-9-5-3-6-10-18)27-23(28-22)30-13-7-4-8-14-30/h3,5-6,9-12,15-16H,4,7-8,13-14H2,1-2H3,(H2,25,26,27,28,29)/b24-16+. The number of ether oxygens (including phenoxy) is 2. The Morgan fingerprint density at radius 3 is 2.44 bits per heavy atom. The number of benzene rings is 2. The van der Waals surface area contributed by atoms with Crippen molar-refractivity contribution in [1.29, 1.82) is 0 Å². The Morgan fingerprint density at radius 1 is 0.906 bits per heavy atom. The smallest absolute Gasteiger partial charge is 0.250 e. The molecule has 4 rings (SSSR count). The van der Waals surface area contributed by atoms with Gasteiger partial charge in [-0.1, -0.05) is 18.2 Å². The number of hydrogen-bond acceptors (Lipinski definition) is 9. The van der Waals surface area contributed by atoms with Gasteiger partial charge in [0.05, 0.1) is 20.4 Å². The van der Waals surface area contributed by atoms with Gasteiger partial charge in [0, 0.05) is 24.3 Å². The molecule has 0 atom stereocenters. The maximum Gasteiger partial charge on any atom is 0.250 e. The third kappa shape index (κ3) is 5.42. The molecule has 3 aromatic rings. The zero-order valence-corrected chi connectivity index (χ0v) is 18.3. The Morgan fingerprint density at radius 2 is 1.69 bits per heavy atom. The molecule has 166 valence electrons. The van der Waals surface area contributed by atoms with Gasteiger partial charge in [-0.3, -0.25) is 0 Å². The fraction of sp³-hybridized carbons (Fsp3) is 0.304. The van der Waals surface area contributed by atoms with Crippen molar-refractivity contribution in [3.05, 3.63) is 54.1 Å². The minimum absolute atomic E-state index is 0.358. The van der Waals surface area contributed by atoms with Gasteiger partial charge in [0.1, 0.15) is 11.5 Å². The summed E-state index contributed by atoms with van der Waals surface area (Å²) >= 11 is 0. The van der Waals surface area contributed by atoms with E-state index in [2.05, 4.69) is 35.7 Å². The normalized spacial score (nSPS) is 13.8. The highest BCUT2D eigenvalue weighted by Crippen LogP contribution is 2.23. The molecule has 32 heavy (non-hydrogen) atoms. The summed E-state index contributed by atoms with van der Waals surface area (Å²) in [6.07, 6.45) is 5.14. The van der Waals surface area contributed by atoms with Crippen LogP contribution in [0, 0.1) is 0 Å². The van der Waals surface area contributed by atoms with Crippen molar-refractivity contribution in [2.24, 2.45) is 5.10 Å². The summed E-state index contributed by atoms with van der Waals surface area (Å²) in [5.74, 6) is 2.86. The fourth-order valence-corrected chi connectivity index (χ4v) is 3.46. The molecule has 0 amide bonds. The van der Waals surface area contributed by atoms with E-state index in [-0.39, 0.29) is 0 Å². The molecule has 1 fully saturated rings. The van der Waals surface area contributed by atoms with Gasteiger partial charge in [-0.25, -0.2) is 5.43 Å². The number of hydrazone groups is 1. The summed E-state index contributed by atoms with van der Waals surface area (Å²) in [5, 5.41) is 7.57. The number of hydrogen-bond donors (Lipinski definition) is 2. The van der Waals surface area contributed by atoms with Crippen LogP contribution in [0.1, 0.15) is 24.8 Å². The third-order valence-electron chi connectivity index (χ3n) is 5.10. The van der Waals surface area contributed by atoms with E-state index >= 15 is 0 Å². The lowest BCUT2D eigenvalue weighted by Crippen LogP contribution is -2.31. The monoisotopic (exact) mass is 433 g/mol. The molecule has 0 saturated carbocycles. The van der Waals surface area contributed by atoms with Crippen molar-refractivity contribution in [1.82, 2.24) is 15.0 Å². The molecule has 0 unspecified atom stereocenters. The van der Waals surface area contributed by atoms with E-state index in [0.29, 0.717) is 29.3 Å². The van der Waals surface area contributed by atoms with E-state index in [1.807, 2.05) is 48.5 Å². The predicted molar refractivity (Wildman–Crippen MR) is 126 cm³/mol. The van der Waals surface area contributed by atoms with Crippen LogP contribution in [0.15, 0.2) is 53.6 Å². The van der Waals surface area contributed by atoms with Gasteiger partial charge < -0.3 is 19.7 Å². The van der Waals surface area contributed by atoms with Gasteiger partial charge in [0.2, 0.25) is 17.8 Å². The van der Waals surface area contributed by atoms with E-state index in [9.17, 15) is 0 Å². The summed E-state index contributed by atoms with van der Waals surface area (Å²) < 4.78 is 10.7. The highest BCUT2D eigenvalue weighted by atomic mass is 16.5. The largest absolute Gasteiger partial charge is 0.497 e. The van der Waals surface area contributed by atoms with Gasteiger partial charge >= 0.3 is 0 Å². The first-order chi connectivity index (χ1) is 15.7. The second-order valence-electron chi connectivity index (χ2n) is 7.30. The molecule has 1 saturated heterocycles. The van der Waals surface area contributed by atoms with E-state index in [0.717, 1.165) is 37.2 Å². The second kappa shape index (κ2) is 10.4. The molecule has 1 aliphatic rings. The number of piperidine rings is 1. The lowest BCUT2D eigenvalue weighted by Gasteiger charge is -2.26. The molecule has 0 aliphatic carbocycles. The summed E-state index contributed by atoms with van der Waals surface area (Å²) in [6.45, 7) is 1.86. The predicted octanol–water partition coefficient (Wildman–Crippen LogP) is 4.07. The number of aromatic nitrogens is 3. The molecule has 1 aromatic heterocycles. The summed E-state index contributed by atoms with van der Waals surface area (Å²) in [7, 11) is 3.24. The number of rotatable bonds is 8. The van der Waals surface area contributed by atoms with Gasteiger partial charge in [-0.2, -0.15) is 20.1 Å². The van der Waals surface area contributed by atoms with Crippen molar-refractivity contribution in [2.75, 3.05) is 43.0 Å². The van der Waals surface area contributed by atoms with Crippen LogP contribution in [-0.2, 0) is 0 Å². The van der Waals surface area contributed by atoms with Gasteiger partial charge in [-0.15, -0.1) is 0 Å². The van der Waals surface area contributed by atoms with Crippen molar-refractivity contribution < 1.29 is 9.47 Å². The fourth-order valence-electron chi connectivity index (χ4n) is 3.46. The maximum atomic E-state index is 5.40. The topological polar surface area (TPSA) is 96.8 Å². The quantitative estimate of drug-likeness (QED) is 0.405. The second-order valence-corrected chi connectivity index (χ2v) is 7.30. The minimum atomic E-state index is 0.358. The van der Waals surface area contributed by atoms with Crippen LogP contribution in [0.2, 0.25) is 0 Å². The van der Waals surface area contributed by atoms with E-state index < -0.39 is 0 Å². The van der Waals surface area contributed by atoms with Crippen LogP contribution < -0.4 is 25.1 Å². The maximum absolute atomic E-state index is 5.40. The number of nitrogens with zero attached hydrogens (tertiary/aromatic N) is 5. The molecule has 0 bridgehead atoms. The van der Waals surface area contributed by atoms with Crippen LogP contribution in [0.25, 0.3) is 0 Å². The minimum Gasteiger partial charge on any atom is -0.497 e. The average Bonchev–Trinajstić information content (AvgIpc) is 2.85. The zero-order chi connectivity index (χ0) is 22.2. The molecule has 0 spiro atoms. The van der Waals surface area contributed by atoms with Crippen molar-refractivity contribution in [3.63, 3.8) is 0 Å². The Bertz CT molecular complexity index is 1050. The zero-order valence-electron chi connectivity index (χ0n) is 18.3. The van der Waals surface area contributed by atoms with Crippen molar-refractivity contribution in [3.8, 4) is 11.5 Å². The molecule has 2 N–H and O–H groups in total. The number of nitrogens with one attached hydrogen (secondary N) is 2. The van der Waals surface area contributed by atoms with Gasteiger partial charge in [-0.05, 0) is 49.6 Å². The SMILES string of the molecule is COc1ccc(OC)c(/C=N/Nc2nc(Nc3ccccc3)nc(N3CCCCC3)n2)c1. The summed E-state index contributed by atoms with van der Waals surface area (Å²) in [4.78, 5) is 15.9. The average molecular weight is 434 g/mol. The first-order valence-corrected chi connectivity index (χ1v) is 10.6. The van der Waals surface area contributed by atoms with Crippen LogP contribution in [0.4, 0.5) is 23.5 Å². The van der Waals surface area contributed by atoms with E-state index in [4.69, 9.17) is 9.47 Å². The Kier molecular flexibility index (Phi) is 6.96. The molecule has 1 aliphatic heterocycles. The molecule has 2 heterocycles. The molecule has 9 heteroatoms. The van der Waals surface area contributed by atoms with Crippen LogP contribution in [-0.4, -0.2) is 48.5 Å². The third-order valence-corrected chi connectivity index (χ3v) is 5.10. The molecule has 2 aromatic carbocycles. The van der Waals surface area contributed by atoms with Crippen LogP contribution >= 0.6 is 0 Å². The molecular weight excluding hydrogens is 406 g/mol. The Hall–Kier alpha value is -3.88. The summed E-state index contributed by atoms with van der Waals surface area (Å²) in [5.41, 5.74) is 4.60. The molecule has 0 radical (unpaired) electrons. The first-order valence-electron chi connectivity index (χ1n) is 10.6. The van der Waals surface area contributed by atoms with Gasteiger partial charge in [0.15, 0.2) is 0 Å². The Balaban J connectivity index is 1.58. The number of para-hydroxylation sites is 1. The highest BCUT2D eigenvalue weighted by molar-refractivity contribution is 5.84. The molecular formula is C23H27N7O2. The lowest BCUT2D eigenvalue weighted by atomic mass is 10.1. The summed E-state index contributed by atoms with van der Waals surface area (Å²) in [6, 6.07) is 15.3. The highest BCUT2D eigenvalue weighted by Gasteiger charge is 2.16. The van der Waals surface area contributed by atoms with Crippen LogP contribution in [0.5, 0.6) is 11.5 Å². The number of methoxy groups -OCH3 is 2.